The fraction of sp³-hybridized carbons (Fsp3) is 0.0571. The number of para-hydroxylation sites is 1. The van der Waals surface area contributed by atoms with Gasteiger partial charge in [-0.25, -0.2) is 9.98 Å². The molecule has 1 N–H and O–H groups in total. The zero-order chi connectivity index (χ0) is 50.4. The van der Waals surface area contributed by atoms with Crippen molar-refractivity contribution in [2.45, 2.75) is 19.0 Å². The van der Waals surface area contributed by atoms with Crippen molar-refractivity contribution in [2.75, 3.05) is 9.80 Å². The van der Waals surface area contributed by atoms with Gasteiger partial charge in [-0.2, -0.15) is 0 Å². The van der Waals surface area contributed by atoms with E-state index in [-0.39, 0.29) is 5.92 Å². The quantitative estimate of drug-likeness (QED) is 0.125. The number of benzene rings is 10. The van der Waals surface area contributed by atoms with Gasteiger partial charge in [0.15, 0.2) is 5.66 Å². The van der Waals surface area contributed by atoms with Crippen LogP contribution in [0, 0.1) is 5.92 Å². The number of amidine groups is 2. The van der Waals surface area contributed by atoms with Crippen LogP contribution in [-0.2, 0) is 5.66 Å². The van der Waals surface area contributed by atoms with Gasteiger partial charge in [-0.3, -0.25) is 0 Å². The molecule has 10 aromatic carbocycles. The molecule has 5 heteroatoms. The van der Waals surface area contributed by atoms with Gasteiger partial charge in [0.1, 0.15) is 11.7 Å². The molecular formula is C70H55N5. The number of hydrogen-bond acceptors (Lipinski definition) is 5. The van der Waals surface area contributed by atoms with Crippen molar-refractivity contribution in [3.05, 3.63) is 308 Å². The zero-order valence-corrected chi connectivity index (χ0v) is 41.8. The summed E-state index contributed by atoms with van der Waals surface area (Å²) in [6, 6.07) is 97.1. The molecule has 2 atom stereocenters. The Morgan fingerprint density at radius 2 is 0.800 bits per heavy atom. The lowest BCUT2D eigenvalue weighted by atomic mass is 9.91. The minimum absolute atomic E-state index is 0.232. The van der Waals surface area contributed by atoms with Gasteiger partial charge >= 0.3 is 0 Å². The third kappa shape index (κ3) is 9.75. The molecule has 2 unspecified atom stereocenters. The van der Waals surface area contributed by atoms with Gasteiger partial charge in [0.2, 0.25) is 0 Å². The van der Waals surface area contributed by atoms with Crippen LogP contribution in [0.25, 0.3) is 44.5 Å². The first-order valence-corrected chi connectivity index (χ1v) is 25.8. The first-order valence-electron chi connectivity index (χ1n) is 25.8. The van der Waals surface area contributed by atoms with E-state index in [2.05, 4.69) is 313 Å². The number of allylic oxidation sites excluding steroid dienone is 3. The van der Waals surface area contributed by atoms with Crippen LogP contribution < -0.4 is 15.1 Å². The van der Waals surface area contributed by atoms with E-state index in [0.29, 0.717) is 6.42 Å². The average molecular weight is 966 g/mol. The molecule has 0 spiro atoms. The molecule has 10 aromatic rings. The highest BCUT2D eigenvalue weighted by Crippen LogP contribution is 2.44. The Labute approximate surface area is 440 Å². The summed E-state index contributed by atoms with van der Waals surface area (Å²) in [6.45, 7) is 2.18. The van der Waals surface area contributed by atoms with Gasteiger partial charge in [-0.05, 0) is 130 Å². The van der Waals surface area contributed by atoms with E-state index in [9.17, 15) is 0 Å². The molecule has 0 saturated carbocycles. The number of anilines is 5. The molecule has 0 radical (unpaired) electrons. The van der Waals surface area contributed by atoms with Crippen LogP contribution in [0.2, 0.25) is 0 Å². The topological polar surface area (TPSA) is 43.2 Å². The summed E-state index contributed by atoms with van der Waals surface area (Å²) >= 11 is 0. The molecule has 0 amide bonds. The van der Waals surface area contributed by atoms with Gasteiger partial charge in [0.05, 0.1) is 11.6 Å². The molecule has 75 heavy (non-hydrogen) atoms. The van der Waals surface area contributed by atoms with Crippen molar-refractivity contribution < 1.29 is 0 Å². The Balaban J connectivity index is 1.03. The Kier molecular flexibility index (Phi) is 12.9. The number of aliphatic imine (C=N–C) groups is 2. The predicted octanol–water partition coefficient (Wildman–Crippen LogP) is 17.7. The van der Waals surface area contributed by atoms with Gasteiger partial charge in [-0.1, -0.05) is 224 Å². The number of nitrogens with zero attached hydrogens (tertiary/aromatic N) is 4. The summed E-state index contributed by atoms with van der Waals surface area (Å²) in [5, 5.41) is 3.95. The molecule has 2 aliphatic rings. The van der Waals surface area contributed by atoms with Crippen LogP contribution in [0.3, 0.4) is 0 Å². The summed E-state index contributed by atoms with van der Waals surface area (Å²) < 4.78 is 0. The zero-order valence-electron chi connectivity index (χ0n) is 41.8. The second kappa shape index (κ2) is 20.9. The fourth-order valence-electron chi connectivity index (χ4n) is 10.5. The van der Waals surface area contributed by atoms with Gasteiger partial charge in [0, 0.05) is 34.0 Å². The second-order valence-corrected chi connectivity index (χ2v) is 19.2. The minimum Gasteiger partial charge on any atom is -0.342 e. The van der Waals surface area contributed by atoms with Crippen LogP contribution in [0.15, 0.2) is 307 Å². The van der Waals surface area contributed by atoms with Crippen LogP contribution in [0.4, 0.5) is 28.4 Å². The molecule has 0 saturated heterocycles. The summed E-state index contributed by atoms with van der Waals surface area (Å²) in [5.41, 5.74) is 16.5. The second-order valence-electron chi connectivity index (χ2n) is 19.2. The van der Waals surface area contributed by atoms with E-state index in [1.54, 1.807) is 0 Å². The average Bonchev–Trinajstić information content (AvgIpc) is 3.49. The van der Waals surface area contributed by atoms with E-state index < -0.39 is 5.66 Å². The Bertz CT molecular complexity index is 3570. The smallest absolute Gasteiger partial charge is 0.156 e. The third-order valence-corrected chi connectivity index (χ3v) is 14.2. The third-order valence-electron chi connectivity index (χ3n) is 14.2. The number of nitrogens with one attached hydrogen (secondary N) is 1. The molecule has 1 aliphatic heterocycles. The van der Waals surface area contributed by atoms with E-state index in [4.69, 9.17) is 9.98 Å². The van der Waals surface area contributed by atoms with E-state index in [1.165, 1.54) is 0 Å². The normalized spacial score (nSPS) is 16.0. The highest BCUT2D eigenvalue weighted by atomic mass is 15.3. The van der Waals surface area contributed by atoms with E-state index in [0.717, 1.165) is 101 Å². The van der Waals surface area contributed by atoms with Crippen LogP contribution in [0.5, 0.6) is 0 Å². The van der Waals surface area contributed by atoms with Crippen LogP contribution in [0.1, 0.15) is 24.5 Å². The highest BCUT2D eigenvalue weighted by Gasteiger charge is 2.37. The van der Waals surface area contributed by atoms with Crippen molar-refractivity contribution in [1.82, 2.24) is 5.32 Å². The van der Waals surface area contributed by atoms with Crippen LogP contribution in [-0.4, -0.2) is 11.7 Å². The standard InChI is InChI=1S/C70H55N5/c1-70(59-37-15-6-16-38-59)72-68(64-43-17-19-45-66(64)74(60-39-21-33-55(47-60)51-25-7-2-8-26-51)61-40-22-34-56(48-61)52-27-9-3-10-28-52)71-69(73-70)65-44-18-20-46-67(65)75(62-41-23-35-57(49-62)53-29-11-4-12-30-53)63-42-24-36-58(50-63)54-31-13-5-14-32-54/h2-43,45-50,65H,44H2,1H3,(H,71,72,73). The lowest BCUT2D eigenvalue weighted by molar-refractivity contribution is 0.449. The lowest BCUT2D eigenvalue weighted by Gasteiger charge is -2.38. The number of rotatable bonds is 13. The van der Waals surface area contributed by atoms with Crippen molar-refractivity contribution in [1.29, 1.82) is 0 Å². The molecule has 12 rings (SSSR count). The monoisotopic (exact) mass is 965 g/mol. The highest BCUT2D eigenvalue weighted by molar-refractivity contribution is 6.13. The molecular weight excluding hydrogens is 911 g/mol. The fourth-order valence-corrected chi connectivity index (χ4v) is 10.5. The molecule has 0 bridgehead atoms. The SMILES string of the molecule is CC1(c2ccccc2)N=C(C2CC=CC=C2N(c2cccc(-c3ccccc3)c2)c2cccc(-c3ccccc3)c2)N=C(c2ccccc2N(c2cccc(-c3ccccc3)c2)c2cccc(-c3ccccc3)c2)N1. The maximum Gasteiger partial charge on any atom is 0.156 e. The molecule has 0 aromatic heterocycles. The largest absolute Gasteiger partial charge is 0.342 e. The van der Waals surface area contributed by atoms with E-state index in [1.807, 2.05) is 0 Å². The first-order chi connectivity index (χ1) is 37.0. The van der Waals surface area contributed by atoms with E-state index >= 15 is 0 Å². The van der Waals surface area contributed by atoms with Crippen molar-refractivity contribution in [2.24, 2.45) is 15.9 Å². The van der Waals surface area contributed by atoms with Crippen molar-refractivity contribution >= 4 is 40.1 Å². The Hall–Kier alpha value is -9.58. The minimum atomic E-state index is -0.885. The summed E-state index contributed by atoms with van der Waals surface area (Å²) in [6.07, 6.45) is 7.39. The van der Waals surface area contributed by atoms with Crippen molar-refractivity contribution in [3.8, 4) is 44.5 Å². The maximum absolute atomic E-state index is 5.74. The van der Waals surface area contributed by atoms with Crippen molar-refractivity contribution in [3.63, 3.8) is 0 Å². The molecule has 5 nitrogen and oxygen atoms in total. The van der Waals surface area contributed by atoms with Crippen LogP contribution >= 0.6 is 0 Å². The number of hydrogen-bond donors (Lipinski definition) is 1. The lowest BCUT2D eigenvalue weighted by Crippen LogP contribution is -2.47. The Morgan fingerprint density at radius 1 is 0.413 bits per heavy atom. The Morgan fingerprint density at radius 3 is 1.25 bits per heavy atom. The van der Waals surface area contributed by atoms with Gasteiger partial charge < -0.3 is 15.1 Å². The first kappa shape index (κ1) is 46.5. The van der Waals surface area contributed by atoms with Gasteiger partial charge in [0.25, 0.3) is 0 Å². The summed E-state index contributed by atoms with van der Waals surface area (Å²) in [4.78, 5) is 16.2. The van der Waals surface area contributed by atoms with Gasteiger partial charge in [-0.15, -0.1) is 0 Å². The molecule has 0 fully saturated rings. The molecule has 360 valence electrons. The predicted molar refractivity (Wildman–Crippen MR) is 314 cm³/mol. The summed E-state index contributed by atoms with van der Waals surface area (Å²) in [7, 11) is 0. The molecule has 1 heterocycles. The molecule has 1 aliphatic carbocycles. The summed E-state index contributed by atoms with van der Waals surface area (Å²) in [5.74, 6) is 1.25. The maximum atomic E-state index is 5.74.